The van der Waals surface area contributed by atoms with E-state index in [0.717, 1.165) is 43.3 Å². The van der Waals surface area contributed by atoms with Crippen LogP contribution in [0.4, 0.5) is 0 Å². The standard InChI is InChI=1S/C24H28N2O2/c27-24(26-16-19-4-1-2-5-20(19)17-26)18-8-10-22(11-9-18)28-23-12-14-25(15-13-23)21-6-3-7-21/h1-2,4-5,8-11,21,23H,3,6-7,12-17H2. The van der Waals surface area contributed by atoms with Crippen molar-refractivity contribution in [2.24, 2.45) is 0 Å². The molecule has 2 aromatic rings. The van der Waals surface area contributed by atoms with Crippen molar-refractivity contribution in [2.45, 2.75) is 57.3 Å². The van der Waals surface area contributed by atoms with Gasteiger partial charge >= 0.3 is 0 Å². The topological polar surface area (TPSA) is 32.8 Å². The molecule has 1 saturated heterocycles. The van der Waals surface area contributed by atoms with Gasteiger partial charge in [0.25, 0.3) is 5.91 Å². The molecule has 1 amide bonds. The third-order valence-corrected chi connectivity index (χ3v) is 6.60. The maximum absolute atomic E-state index is 12.8. The second-order valence-electron chi connectivity index (χ2n) is 8.39. The zero-order chi connectivity index (χ0) is 18.9. The van der Waals surface area contributed by atoms with E-state index in [9.17, 15) is 4.79 Å². The fourth-order valence-corrected chi connectivity index (χ4v) is 4.64. The smallest absolute Gasteiger partial charge is 0.254 e. The zero-order valence-electron chi connectivity index (χ0n) is 16.3. The number of rotatable bonds is 4. The van der Waals surface area contributed by atoms with E-state index in [4.69, 9.17) is 4.74 Å². The van der Waals surface area contributed by atoms with Crippen LogP contribution in [0.1, 0.15) is 53.6 Å². The fraction of sp³-hybridized carbons (Fsp3) is 0.458. The van der Waals surface area contributed by atoms with Crippen LogP contribution in [0, 0.1) is 0 Å². The Bertz CT molecular complexity index is 811. The van der Waals surface area contributed by atoms with Gasteiger partial charge < -0.3 is 14.5 Å². The lowest BCUT2D eigenvalue weighted by Crippen LogP contribution is -2.46. The molecule has 2 fully saturated rings. The van der Waals surface area contributed by atoms with Crippen molar-refractivity contribution in [1.82, 2.24) is 9.80 Å². The molecule has 0 atom stereocenters. The molecule has 5 rings (SSSR count). The number of fused-ring (bicyclic) bond motifs is 1. The SMILES string of the molecule is O=C(c1ccc(OC2CCN(C3CCC3)CC2)cc1)N1Cc2ccccc2C1. The predicted octanol–water partition coefficient (Wildman–Crippen LogP) is 4.24. The van der Waals surface area contributed by atoms with Gasteiger partial charge in [0.1, 0.15) is 11.9 Å². The number of hydrogen-bond donors (Lipinski definition) is 0. The molecule has 2 aromatic carbocycles. The first-order valence-electron chi connectivity index (χ1n) is 10.6. The second kappa shape index (κ2) is 7.59. The minimum absolute atomic E-state index is 0.0940. The van der Waals surface area contributed by atoms with E-state index >= 15 is 0 Å². The van der Waals surface area contributed by atoms with Crippen LogP contribution in [0.25, 0.3) is 0 Å². The van der Waals surface area contributed by atoms with E-state index in [-0.39, 0.29) is 5.91 Å². The minimum atomic E-state index is 0.0940. The van der Waals surface area contributed by atoms with Gasteiger partial charge in [0.05, 0.1) is 0 Å². The normalized spacial score (nSPS) is 20.6. The summed E-state index contributed by atoms with van der Waals surface area (Å²) in [5, 5.41) is 0. The van der Waals surface area contributed by atoms with Gasteiger partial charge in [0, 0.05) is 37.8 Å². The Morgan fingerprint density at radius 2 is 1.50 bits per heavy atom. The van der Waals surface area contributed by atoms with Gasteiger partial charge in [-0.3, -0.25) is 4.79 Å². The molecule has 3 aliphatic rings. The van der Waals surface area contributed by atoms with Crippen molar-refractivity contribution in [3.63, 3.8) is 0 Å². The number of ether oxygens (including phenoxy) is 1. The van der Waals surface area contributed by atoms with E-state index in [1.165, 1.54) is 30.4 Å². The monoisotopic (exact) mass is 376 g/mol. The van der Waals surface area contributed by atoms with Gasteiger partial charge in [-0.15, -0.1) is 0 Å². The Kier molecular flexibility index (Phi) is 4.81. The van der Waals surface area contributed by atoms with Crippen LogP contribution in [0.5, 0.6) is 5.75 Å². The molecule has 0 unspecified atom stereocenters. The summed E-state index contributed by atoms with van der Waals surface area (Å²) in [5.74, 6) is 0.972. The minimum Gasteiger partial charge on any atom is -0.490 e. The molecule has 4 nitrogen and oxygen atoms in total. The molecule has 2 aliphatic heterocycles. The predicted molar refractivity (Wildman–Crippen MR) is 109 cm³/mol. The molecular weight excluding hydrogens is 348 g/mol. The summed E-state index contributed by atoms with van der Waals surface area (Å²) < 4.78 is 6.19. The van der Waals surface area contributed by atoms with Gasteiger partial charge in [-0.2, -0.15) is 0 Å². The highest BCUT2D eigenvalue weighted by Gasteiger charge is 2.29. The molecule has 0 aromatic heterocycles. The maximum Gasteiger partial charge on any atom is 0.254 e. The third-order valence-electron chi connectivity index (χ3n) is 6.60. The number of nitrogens with zero attached hydrogens (tertiary/aromatic N) is 2. The number of carbonyl (C=O) groups excluding carboxylic acids is 1. The van der Waals surface area contributed by atoms with Crippen LogP contribution in [0.3, 0.4) is 0 Å². The van der Waals surface area contributed by atoms with Crippen molar-refractivity contribution < 1.29 is 9.53 Å². The number of likely N-dealkylation sites (tertiary alicyclic amines) is 1. The Labute approximate surface area is 167 Å². The number of benzene rings is 2. The van der Waals surface area contributed by atoms with Crippen LogP contribution in [-0.4, -0.2) is 40.9 Å². The largest absolute Gasteiger partial charge is 0.490 e. The van der Waals surface area contributed by atoms with E-state index < -0.39 is 0 Å². The van der Waals surface area contributed by atoms with E-state index in [1.54, 1.807) is 0 Å². The molecular formula is C24H28N2O2. The average Bonchev–Trinajstić information content (AvgIpc) is 3.12. The zero-order valence-corrected chi connectivity index (χ0v) is 16.3. The molecule has 146 valence electrons. The van der Waals surface area contributed by atoms with Crippen LogP contribution in [0.15, 0.2) is 48.5 Å². The summed E-state index contributed by atoms with van der Waals surface area (Å²) in [6, 6.07) is 16.8. The molecule has 28 heavy (non-hydrogen) atoms. The number of amides is 1. The molecule has 4 heteroatoms. The van der Waals surface area contributed by atoms with Gasteiger partial charge in [0.15, 0.2) is 0 Å². The molecule has 0 radical (unpaired) electrons. The van der Waals surface area contributed by atoms with Crippen molar-refractivity contribution in [2.75, 3.05) is 13.1 Å². The van der Waals surface area contributed by atoms with Gasteiger partial charge in [0.2, 0.25) is 0 Å². The summed E-state index contributed by atoms with van der Waals surface area (Å²) in [6.45, 7) is 3.71. The van der Waals surface area contributed by atoms with Gasteiger partial charge in [-0.1, -0.05) is 30.7 Å². The quantitative estimate of drug-likeness (QED) is 0.800. The lowest BCUT2D eigenvalue weighted by molar-refractivity contribution is 0.0493. The number of hydrogen-bond acceptors (Lipinski definition) is 3. The van der Waals surface area contributed by atoms with E-state index in [1.807, 2.05) is 41.3 Å². The van der Waals surface area contributed by atoms with Crippen LogP contribution >= 0.6 is 0 Å². The maximum atomic E-state index is 12.8. The fourth-order valence-electron chi connectivity index (χ4n) is 4.64. The summed E-state index contributed by atoms with van der Waals surface area (Å²) in [6.07, 6.45) is 6.65. The lowest BCUT2D eigenvalue weighted by Gasteiger charge is -2.41. The highest BCUT2D eigenvalue weighted by atomic mass is 16.5. The van der Waals surface area contributed by atoms with E-state index in [2.05, 4.69) is 17.0 Å². The van der Waals surface area contributed by atoms with Gasteiger partial charge in [-0.05, 0) is 61.1 Å². The molecule has 2 heterocycles. The Morgan fingerprint density at radius 3 is 2.07 bits per heavy atom. The number of piperidine rings is 1. The summed E-state index contributed by atoms with van der Waals surface area (Å²) in [4.78, 5) is 17.4. The average molecular weight is 377 g/mol. The van der Waals surface area contributed by atoms with Crippen LogP contribution < -0.4 is 4.74 Å². The molecule has 0 bridgehead atoms. The highest BCUT2D eigenvalue weighted by molar-refractivity contribution is 5.94. The van der Waals surface area contributed by atoms with Gasteiger partial charge in [-0.25, -0.2) is 0 Å². The summed E-state index contributed by atoms with van der Waals surface area (Å²) in [7, 11) is 0. The van der Waals surface area contributed by atoms with Crippen molar-refractivity contribution in [1.29, 1.82) is 0 Å². The first-order chi connectivity index (χ1) is 13.8. The Balaban J connectivity index is 1.16. The molecule has 1 aliphatic carbocycles. The first kappa shape index (κ1) is 17.7. The summed E-state index contributed by atoms with van der Waals surface area (Å²) in [5.41, 5.74) is 3.24. The Hall–Kier alpha value is -2.33. The third kappa shape index (κ3) is 3.53. The van der Waals surface area contributed by atoms with Crippen LogP contribution in [0.2, 0.25) is 0 Å². The Morgan fingerprint density at radius 1 is 0.857 bits per heavy atom. The van der Waals surface area contributed by atoms with Crippen molar-refractivity contribution in [3.05, 3.63) is 65.2 Å². The molecule has 0 N–H and O–H groups in total. The summed E-state index contributed by atoms with van der Waals surface area (Å²) >= 11 is 0. The first-order valence-corrected chi connectivity index (χ1v) is 10.6. The van der Waals surface area contributed by atoms with Crippen molar-refractivity contribution in [3.8, 4) is 5.75 Å². The lowest BCUT2D eigenvalue weighted by atomic mass is 9.90. The molecule has 1 saturated carbocycles. The number of carbonyl (C=O) groups is 1. The second-order valence-corrected chi connectivity index (χ2v) is 8.39. The van der Waals surface area contributed by atoms with Crippen LogP contribution in [-0.2, 0) is 13.1 Å². The van der Waals surface area contributed by atoms with Crippen molar-refractivity contribution >= 4 is 5.91 Å². The highest BCUT2D eigenvalue weighted by Crippen LogP contribution is 2.29. The molecule has 0 spiro atoms. The van der Waals surface area contributed by atoms with E-state index in [0.29, 0.717) is 19.2 Å².